The van der Waals surface area contributed by atoms with Crippen molar-refractivity contribution in [1.82, 2.24) is 15.5 Å². The van der Waals surface area contributed by atoms with Crippen LogP contribution in [-0.2, 0) is 0 Å². The molecule has 2 aliphatic heterocycles. The van der Waals surface area contributed by atoms with E-state index in [4.69, 9.17) is 0 Å². The largest absolute Gasteiger partial charge is 0.371 e. The molecule has 0 bridgehead atoms. The number of carbonyl (C=O) groups is 1. The lowest BCUT2D eigenvalue weighted by Crippen LogP contribution is -2.47. The minimum Gasteiger partial charge on any atom is -0.371 e. The molecule has 0 spiro atoms. The standard InChI is InChI=1S/C20H31FN4O/c1-16(24-10-3-2-4-11-24)13-22-20(26)23-14-17-9-12-25(15-17)19-7-5-18(21)6-8-19/h5-8,16-17H,2-4,9-15H2,1H3,(H2,22,23,26)/t16-,17+/m1/s1. The molecule has 1 aromatic rings. The van der Waals surface area contributed by atoms with E-state index in [1.165, 1.54) is 31.4 Å². The number of piperidine rings is 1. The van der Waals surface area contributed by atoms with Crippen molar-refractivity contribution in [1.29, 1.82) is 0 Å². The number of hydrogen-bond acceptors (Lipinski definition) is 3. The first-order valence-electron chi connectivity index (χ1n) is 9.88. The predicted octanol–water partition coefficient (Wildman–Crippen LogP) is 2.83. The van der Waals surface area contributed by atoms with E-state index in [9.17, 15) is 9.18 Å². The summed E-state index contributed by atoms with van der Waals surface area (Å²) in [5.41, 5.74) is 1.05. The second-order valence-corrected chi connectivity index (χ2v) is 7.61. The molecule has 2 saturated heterocycles. The molecule has 0 radical (unpaired) electrons. The smallest absolute Gasteiger partial charge is 0.314 e. The maximum Gasteiger partial charge on any atom is 0.314 e. The van der Waals surface area contributed by atoms with Gasteiger partial charge in [-0.3, -0.25) is 4.90 Å². The minimum absolute atomic E-state index is 0.0749. The number of urea groups is 1. The highest BCUT2D eigenvalue weighted by atomic mass is 19.1. The van der Waals surface area contributed by atoms with Gasteiger partial charge < -0.3 is 15.5 Å². The van der Waals surface area contributed by atoms with Gasteiger partial charge in [-0.25, -0.2) is 9.18 Å². The van der Waals surface area contributed by atoms with E-state index < -0.39 is 0 Å². The summed E-state index contributed by atoms with van der Waals surface area (Å²) < 4.78 is 13.0. The van der Waals surface area contributed by atoms with Gasteiger partial charge in [0.05, 0.1) is 0 Å². The van der Waals surface area contributed by atoms with Crippen molar-refractivity contribution in [2.45, 2.75) is 38.6 Å². The van der Waals surface area contributed by atoms with Gasteiger partial charge in [0.2, 0.25) is 0 Å². The molecule has 6 heteroatoms. The Morgan fingerprint density at radius 2 is 1.88 bits per heavy atom. The SMILES string of the molecule is C[C@H](CNC(=O)NC[C@@H]1CCN(c2ccc(F)cc2)C1)N1CCCCC1. The Labute approximate surface area is 155 Å². The number of nitrogens with one attached hydrogen (secondary N) is 2. The highest BCUT2D eigenvalue weighted by molar-refractivity contribution is 5.73. The van der Waals surface area contributed by atoms with Gasteiger partial charge in [-0.05, 0) is 69.5 Å². The topological polar surface area (TPSA) is 47.6 Å². The highest BCUT2D eigenvalue weighted by Gasteiger charge is 2.23. The van der Waals surface area contributed by atoms with Gasteiger partial charge in [0.1, 0.15) is 5.82 Å². The zero-order valence-corrected chi connectivity index (χ0v) is 15.7. The van der Waals surface area contributed by atoms with Gasteiger partial charge in [-0.15, -0.1) is 0 Å². The molecular formula is C20H31FN4O. The predicted molar refractivity (Wildman–Crippen MR) is 103 cm³/mol. The number of halogens is 1. The van der Waals surface area contributed by atoms with E-state index in [-0.39, 0.29) is 11.8 Å². The molecule has 0 aromatic heterocycles. The van der Waals surface area contributed by atoms with E-state index in [2.05, 4.69) is 27.4 Å². The van der Waals surface area contributed by atoms with Gasteiger partial charge in [0, 0.05) is 37.9 Å². The lowest BCUT2D eigenvalue weighted by molar-refractivity contribution is 0.170. The van der Waals surface area contributed by atoms with E-state index in [1.54, 1.807) is 0 Å². The van der Waals surface area contributed by atoms with Crippen LogP contribution in [0.25, 0.3) is 0 Å². The van der Waals surface area contributed by atoms with E-state index in [0.29, 0.717) is 25.0 Å². The minimum atomic E-state index is -0.207. The van der Waals surface area contributed by atoms with Crippen molar-refractivity contribution in [2.75, 3.05) is 44.2 Å². The van der Waals surface area contributed by atoms with Crippen LogP contribution >= 0.6 is 0 Å². The van der Waals surface area contributed by atoms with Gasteiger partial charge >= 0.3 is 6.03 Å². The lowest BCUT2D eigenvalue weighted by Gasteiger charge is -2.32. The molecule has 2 atom stereocenters. The summed E-state index contributed by atoms with van der Waals surface area (Å²) in [6.45, 7) is 7.70. The third kappa shape index (κ3) is 5.34. The second-order valence-electron chi connectivity index (χ2n) is 7.61. The summed E-state index contributed by atoms with van der Waals surface area (Å²) in [5.74, 6) is 0.229. The molecule has 0 unspecified atom stereocenters. The van der Waals surface area contributed by atoms with Crippen molar-refractivity contribution in [3.05, 3.63) is 30.1 Å². The van der Waals surface area contributed by atoms with Crippen LogP contribution in [-0.4, -0.2) is 56.2 Å². The molecule has 2 heterocycles. The summed E-state index contributed by atoms with van der Waals surface area (Å²) in [6.07, 6.45) is 4.90. The van der Waals surface area contributed by atoms with Crippen LogP contribution in [0.5, 0.6) is 0 Å². The van der Waals surface area contributed by atoms with Crippen molar-refractivity contribution in [2.24, 2.45) is 5.92 Å². The Bertz CT molecular complexity index is 574. The number of carbonyl (C=O) groups excluding carboxylic acids is 1. The van der Waals surface area contributed by atoms with Crippen molar-refractivity contribution in [3.8, 4) is 0 Å². The first kappa shape index (κ1) is 19.0. The van der Waals surface area contributed by atoms with Gasteiger partial charge in [0.25, 0.3) is 0 Å². The summed E-state index contributed by atoms with van der Waals surface area (Å²) in [6, 6.07) is 6.95. The lowest BCUT2D eigenvalue weighted by atomic mass is 10.1. The first-order chi connectivity index (χ1) is 12.6. The third-order valence-electron chi connectivity index (χ3n) is 5.60. The van der Waals surface area contributed by atoms with Crippen LogP contribution in [0.2, 0.25) is 0 Å². The van der Waals surface area contributed by atoms with E-state index in [1.807, 2.05) is 12.1 Å². The number of benzene rings is 1. The fourth-order valence-electron chi connectivity index (χ4n) is 3.91. The number of likely N-dealkylation sites (tertiary alicyclic amines) is 1. The quantitative estimate of drug-likeness (QED) is 0.818. The highest BCUT2D eigenvalue weighted by Crippen LogP contribution is 2.23. The maximum atomic E-state index is 13.0. The molecule has 3 rings (SSSR count). The summed E-state index contributed by atoms with van der Waals surface area (Å²) in [7, 11) is 0. The van der Waals surface area contributed by atoms with Crippen LogP contribution in [0.15, 0.2) is 24.3 Å². The van der Waals surface area contributed by atoms with Gasteiger partial charge in [0.15, 0.2) is 0 Å². The van der Waals surface area contributed by atoms with E-state index >= 15 is 0 Å². The fourth-order valence-corrected chi connectivity index (χ4v) is 3.91. The van der Waals surface area contributed by atoms with Crippen LogP contribution < -0.4 is 15.5 Å². The maximum absolute atomic E-state index is 13.0. The third-order valence-corrected chi connectivity index (χ3v) is 5.60. The summed E-state index contributed by atoms with van der Waals surface area (Å²) >= 11 is 0. The Hall–Kier alpha value is -1.82. The molecule has 1 aromatic carbocycles. The number of amides is 2. The zero-order valence-electron chi connectivity index (χ0n) is 15.7. The zero-order chi connectivity index (χ0) is 18.4. The van der Waals surface area contributed by atoms with Gasteiger partial charge in [-0.2, -0.15) is 0 Å². The van der Waals surface area contributed by atoms with E-state index in [0.717, 1.165) is 38.3 Å². The monoisotopic (exact) mass is 362 g/mol. The Morgan fingerprint density at radius 3 is 2.62 bits per heavy atom. The Balaban J connectivity index is 1.34. The van der Waals surface area contributed by atoms with Crippen molar-refractivity contribution >= 4 is 11.7 Å². The Morgan fingerprint density at radius 1 is 1.15 bits per heavy atom. The second kappa shape index (κ2) is 9.21. The average molecular weight is 362 g/mol. The molecule has 0 aliphatic carbocycles. The first-order valence-corrected chi connectivity index (χ1v) is 9.88. The van der Waals surface area contributed by atoms with Crippen molar-refractivity contribution in [3.63, 3.8) is 0 Å². The van der Waals surface area contributed by atoms with Gasteiger partial charge in [-0.1, -0.05) is 6.42 Å². The number of hydrogen-bond donors (Lipinski definition) is 2. The molecule has 2 N–H and O–H groups in total. The van der Waals surface area contributed by atoms with Crippen LogP contribution in [0, 0.1) is 11.7 Å². The fraction of sp³-hybridized carbons (Fsp3) is 0.650. The van der Waals surface area contributed by atoms with Crippen LogP contribution in [0.1, 0.15) is 32.6 Å². The molecular weight excluding hydrogens is 331 g/mol. The molecule has 144 valence electrons. The Kier molecular flexibility index (Phi) is 6.72. The molecule has 2 fully saturated rings. The molecule has 2 amide bonds. The molecule has 2 aliphatic rings. The van der Waals surface area contributed by atoms with Crippen molar-refractivity contribution < 1.29 is 9.18 Å². The number of rotatable bonds is 6. The number of nitrogens with zero attached hydrogens (tertiary/aromatic N) is 2. The summed E-state index contributed by atoms with van der Waals surface area (Å²) in [5, 5.41) is 6.01. The average Bonchev–Trinajstić information content (AvgIpc) is 3.14. The molecule has 0 saturated carbocycles. The molecule has 26 heavy (non-hydrogen) atoms. The normalized spacial score (nSPS) is 22.2. The summed E-state index contributed by atoms with van der Waals surface area (Å²) in [4.78, 5) is 16.8. The molecule has 5 nitrogen and oxygen atoms in total. The van der Waals surface area contributed by atoms with Crippen LogP contribution in [0.4, 0.5) is 14.9 Å². The number of anilines is 1. The van der Waals surface area contributed by atoms with Crippen LogP contribution in [0.3, 0.4) is 0 Å².